The Morgan fingerprint density at radius 1 is 1.50 bits per heavy atom. The predicted octanol–water partition coefficient (Wildman–Crippen LogP) is 0.359. The third-order valence-corrected chi connectivity index (χ3v) is 2.49. The molecule has 82 valence electrons. The lowest BCUT2D eigenvalue weighted by atomic mass is 10.1. The van der Waals surface area contributed by atoms with E-state index in [0.717, 1.165) is 0 Å². The maximum atomic E-state index is 11.8. The molecule has 0 aromatic heterocycles. The minimum absolute atomic E-state index is 0.0505. The van der Waals surface area contributed by atoms with E-state index in [2.05, 4.69) is 0 Å². The fourth-order valence-electron chi connectivity index (χ4n) is 1.77. The second-order valence-corrected chi connectivity index (χ2v) is 4.02. The highest BCUT2D eigenvalue weighted by Gasteiger charge is 2.27. The van der Waals surface area contributed by atoms with Gasteiger partial charge in [-0.25, -0.2) is 0 Å². The number of hydrogen-bond donors (Lipinski definition) is 1. The van der Waals surface area contributed by atoms with E-state index in [1.807, 2.05) is 25.7 Å². The third kappa shape index (κ3) is 2.69. The van der Waals surface area contributed by atoms with Crippen molar-refractivity contribution in [2.24, 2.45) is 5.73 Å². The molecule has 1 aliphatic heterocycles. The van der Waals surface area contributed by atoms with Gasteiger partial charge in [-0.2, -0.15) is 0 Å². The van der Waals surface area contributed by atoms with Crippen LogP contribution >= 0.6 is 0 Å². The first kappa shape index (κ1) is 11.5. The molecule has 0 unspecified atom stereocenters. The van der Waals surface area contributed by atoms with Gasteiger partial charge < -0.3 is 15.4 Å². The second-order valence-electron chi connectivity index (χ2n) is 4.02. The third-order valence-electron chi connectivity index (χ3n) is 2.49. The molecule has 0 spiro atoms. The predicted molar refractivity (Wildman–Crippen MR) is 54.9 cm³/mol. The van der Waals surface area contributed by atoms with Crippen molar-refractivity contribution in [2.45, 2.75) is 45.4 Å². The van der Waals surface area contributed by atoms with Crippen molar-refractivity contribution in [3.8, 4) is 0 Å². The van der Waals surface area contributed by atoms with Crippen LogP contribution in [0.15, 0.2) is 0 Å². The summed E-state index contributed by atoms with van der Waals surface area (Å²) in [6, 6.07) is -0.354. The molecule has 4 heteroatoms. The number of nitrogens with zero attached hydrogens (tertiary/aromatic N) is 1. The van der Waals surface area contributed by atoms with Gasteiger partial charge >= 0.3 is 0 Å². The van der Waals surface area contributed by atoms with Crippen molar-refractivity contribution in [3.05, 3.63) is 0 Å². The maximum absolute atomic E-state index is 11.8. The van der Waals surface area contributed by atoms with Crippen molar-refractivity contribution in [2.75, 3.05) is 13.1 Å². The van der Waals surface area contributed by atoms with Gasteiger partial charge in [0, 0.05) is 13.1 Å². The van der Waals surface area contributed by atoms with E-state index in [-0.39, 0.29) is 24.2 Å². The smallest absolute Gasteiger partial charge is 0.239 e. The fraction of sp³-hybridized carbons (Fsp3) is 0.900. The standard InChI is InChI=1S/C10H20N2O2/c1-4-9(11)10(13)12-5-7(2)14-8(3)6-12/h7-9H,4-6,11H2,1-3H3/t7-,8+,9-/m0/s1. The molecule has 1 heterocycles. The topological polar surface area (TPSA) is 55.6 Å². The summed E-state index contributed by atoms with van der Waals surface area (Å²) in [5.41, 5.74) is 5.71. The van der Waals surface area contributed by atoms with E-state index in [9.17, 15) is 4.79 Å². The van der Waals surface area contributed by atoms with Gasteiger partial charge in [0.1, 0.15) is 0 Å². The molecule has 2 N–H and O–H groups in total. The highest BCUT2D eigenvalue weighted by molar-refractivity contribution is 5.81. The summed E-state index contributed by atoms with van der Waals surface area (Å²) in [4.78, 5) is 13.6. The van der Waals surface area contributed by atoms with E-state index in [4.69, 9.17) is 10.5 Å². The molecule has 0 saturated carbocycles. The Labute approximate surface area is 85.4 Å². The summed E-state index contributed by atoms with van der Waals surface area (Å²) in [6.07, 6.45) is 0.928. The summed E-state index contributed by atoms with van der Waals surface area (Å²) in [5, 5.41) is 0. The zero-order valence-electron chi connectivity index (χ0n) is 9.19. The van der Waals surface area contributed by atoms with Crippen LogP contribution in [-0.2, 0) is 9.53 Å². The minimum Gasteiger partial charge on any atom is -0.372 e. The molecule has 4 nitrogen and oxygen atoms in total. The Morgan fingerprint density at radius 3 is 2.43 bits per heavy atom. The summed E-state index contributed by atoms with van der Waals surface area (Å²) in [7, 11) is 0. The monoisotopic (exact) mass is 200 g/mol. The first-order valence-corrected chi connectivity index (χ1v) is 5.24. The Bertz CT molecular complexity index is 198. The molecule has 0 radical (unpaired) electrons. The molecule has 1 aliphatic rings. The van der Waals surface area contributed by atoms with Crippen LogP contribution in [0.1, 0.15) is 27.2 Å². The minimum atomic E-state index is -0.354. The van der Waals surface area contributed by atoms with Crippen molar-refractivity contribution in [3.63, 3.8) is 0 Å². The van der Waals surface area contributed by atoms with Crippen LogP contribution in [0.25, 0.3) is 0 Å². The zero-order chi connectivity index (χ0) is 10.7. The van der Waals surface area contributed by atoms with Crippen molar-refractivity contribution in [1.29, 1.82) is 0 Å². The number of nitrogens with two attached hydrogens (primary N) is 1. The molecule has 0 aromatic carbocycles. The molecular weight excluding hydrogens is 180 g/mol. The molecular formula is C10H20N2O2. The van der Waals surface area contributed by atoms with Gasteiger partial charge in [-0.3, -0.25) is 4.79 Å². The zero-order valence-corrected chi connectivity index (χ0v) is 9.19. The number of carbonyl (C=O) groups excluding carboxylic acids is 1. The van der Waals surface area contributed by atoms with Crippen LogP contribution < -0.4 is 5.73 Å². The van der Waals surface area contributed by atoms with E-state index >= 15 is 0 Å². The molecule has 1 rings (SSSR count). The van der Waals surface area contributed by atoms with E-state index in [0.29, 0.717) is 19.5 Å². The average Bonchev–Trinajstić information content (AvgIpc) is 2.14. The van der Waals surface area contributed by atoms with Crippen LogP contribution in [0.5, 0.6) is 0 Å². The van der Waals surface area contributed by atoms with Gasteiger partial charge in [-0.05, 0) is 20.3 Å². The molecule has 14 heavy (non-hydrogen) atoms. The quantitative estimate of drug-likeness (QED) is 0.700. The van der Waals surface area contributed by atoms with Gasteiger partial charge in [0.25, 0.3) is 0 Å². The molecule has 0 bridgehead atoms. The number of ether oxygens (including phenoxy) is 1. The summed E-state index contributed by atoms with van der Waals surface area (Å²) >= 11 is 0. The Kier molecular flexibility index (Phi) is 3.89. The molecule has 0 aromatic rings. The molecule has 0 aliphatic carbocycles. The average molecular weight is 200 g/mol. The number of rotatable bonds is 2. The van der Waals surface area contributed by atoms with E-state index in [1.54, 1.807) is 0 Å². The molecule has 1 fully saturated rings. The molecule has 3 atom stereocenters. The number of carbonyl (C=O) groups is 1. The maximum Gasteiger partial charge on any atom is 0.239 e. The summed E-state index contributed by atoms with van der Waals surface area (Å²) < 4.78 is 5.55. The van der Waals surface area contributed by atoms with Crippen molar-refractivity contribution in [1.82, 2.24) is 4.90 Å². The second kappa shape index (κ2) is 4.75. The summed E-state index contributed by atoms with van der Waals surface area (Å²) in [6.45, 7) is 7.21. The Hall–Kier alpha value is -0.610. The van der Waals surface area contributed by atoms with Gasteiger partial charge in [-0.15, -0.1) is 0 Å². The first-order chi connectivity index (χ1) is 6.54. The largest absolute Gasteiger partial charge is 0.372 e. The lowest BCUT2D eigenvalue weighted by Gasteiger charge is -2.36. The normalized spacial score (nSPS) is 30.1. The Balaban J connectivity index is 2.54. The van der Waals surface area contributed by atoms with Gasteiger partial charge in [0.2, 0.25) is 5.91 Å². The lowest BCUT2D eigenvalue weighted by Crippen LogP contribution is -2.53. The van der Waals surface area contributed by atoms with Crippen LogP contribution in [0.3, 0.4) is 0 Å². The number of morpholine rings is 1. The van der Waals surface area contributed by atoms with Crippen molar-refractivity contribution < 1.29 is 9.53 Å². The molecule has 1 saturated heterocycles. The Morgan fingerprint density at radius 2 is 2.00 bits per heavy atom. The van der Waals surface area contributed by atoms with Crippen LogP contribution in [0.2, 0.25) is 0 Å². The molecule has 1 amide bonds. The lowest BCUT2D eigenvalue weighted by molar-refractivity contribution is -0.144. The van der Waals surface area contributed by atoms with Gasteiger partial charge in [0.15, 0.2) is 0 Å². The van der Waals surface area contributed by atoms with E-state index in [1.165, 1.54) is 0 Å². The van der Waals surface area contributed by atoms with Crippen molar-refractivity contribution >= 4 is 5.91 Å². The summed E-state index contributed by atoms with van der Waals surface area (Å²) in [5.74, 6) is 0.0505. The van der Waals surface area contributed by atoms with Gasteiger partial charge in [0.05, 0.1) is 18.2 Å². The SMILES string of the molecule is CC[C@H](N)C(=O)N1C[C@@H](C)O[C@@H](C)C1. The fourth-order valence-corrected chi connectivity index (χ4v) is 1.77. The first-order valence-electron chi connectivity index (χ1n) is 5.24. The van der Waals surface area contributed by atoms with Crippen LogP contribution in [0, 0.1) is 0 Å². The highest BCUT2D eigenvalue weighted by atomic mass is 16.5. The van der Waals surface area contributed by atoms with Crippen LogP contribution in [-0.4, -0.2) is 42.1 Å². The highest BCUT2D eigenvalue weighted by Crippen LogP contribution is 2.11. The number of hydrogen-bond acceptors (Lipinski definition) is 3. The van der Waals surface area contributed by atoms with Crippen LogP contribution in [0.4, 0.5) is 0 Å². The number of amides is 1. The van der Waals surface area contributed by atoms with Gasteiger partial charge in [-0.1, -0.05) is 6.92 Å². The van der Waals surface area contributed by atoms with E-state index < -0.39 is 0 Å².